The van der Waals surface area contributed by atoms with Gasteiger partial charge in [-0.05, 0) is 54.4 Å². The predicted octanol–water partition coefficient (Wildman–Crippen LogP) is 4.42. The van der Waals surface area contributed by atoms with Crippen LogP contribution < -0.4 is 15.1 Å². The molecule has 1 atom stereocenters. The van der Waals surface area contributed by atoms with Gasteiger partial charge in [0.25, 0.3) is 0 Å². The number of rotatable bonds is 8. The van der Waals surface area contributed by atoms with Gasteiger partial charge in [0.1, 0.15) is 5.82 Å². The summed E-state index contributed by atoms with van der Waals surface area (Å²) in [6, 6.07) is 23.5. The Kier molecular flexibility index (Phi) is 8.03. The summed E-state index contributed by atoms with van der Waals surface area (Å²) < 4.78 is 13.3. The van der Waals surface area contributed by atoms with Crippen molar-refractivity contribution >= 4 is 17.3 Å². The number of hydrogen-bond acceptors (Lipinski definition) is 4. The molecule has 0 radical (unpaired) electrons. The van der Waals surface area contributed by atoms with Crippen LogP contribution in [0.2, 0.25) is 0 Å². The molecule has 1 heterocycles. The number of halogens is 1. The highest BCUT2D eigenvalue weighted by Gasteiger charge is 2.26. The molecule has 1 aliphatic heterocycles. The molecule has 0 spiro atoms. The quantitative estimate of drug-likeness (QED) is 0.525. The highest BCUT2D eigenvalue weighted by atomic mass is 19.1. The maximum absolute atomic E-state index is 13.3. The van der Waals surface area contributed by atoms with Gasteiger partial charge < -0.3 is 15.1 Å². The molecule has 1 saturated heterocycles. The summed E-state index contributed by atoms with van der Waals surface area (Å²) in [7, 11) is 4.07. The number of carbonyl (C=O) groups is 1. The summed E-state index contributed by atoms with van der Waals surface area (Å²) >= 11 is 0. The molecule has 1 amide bonds. The van der Waals surface area contributed by atoms with Crippen LogP contribution in [-0.4, -0.2) is 57.6 Å². The van der Waals surface area contributed by atoms with Crippen molar-refractivity contribution in [2.24, 2.45) is 0 Å². The minimum absolute atomic E-state index is 0.0375. The Balaban J connectivity index is 1.44. The monoisotopic (exact) mass is 474 g/mol. The predicted molar refractivity (Wildman–Crippen MR) is 142 cm³/mol. The molecule has 0 bridgehead atoms. The second kappa shape index (κ2) is 11.4. The molecule has 3 aromatic rings. The summed E-state index contributed by atoms with van der Waals surface area (Å²) in [6.45, 7) is 6.05. The molecule has 1 unspecified atom stereocenters. The van der Waals surface area contributed by atoms with Gasteiger partial charge in [0.2, 0.25) is 5.91 Å². The number of anilines is 2. The van der Waals surface area contributed by atoms with Crippen LogP contribution in [0.3, 0.4) is 0 Å². The zero-order valence-electron chi connectivity index (χ0n) is 20.9. The number of amides is 1. The highest BCUT2D eigenvalue weighted by Crippen LogP contribution is 2.26. The third kappa shape index (κ3) is 6.61. The van der Waals surface area contributed by atoms with Gasteiger partial charge in [0.15, 0.2) is 0 Å². The van der Waals surface area contributed by atoms with Crippen LogP contribution in [0.25, 0.3) is 0 Å². The lowest BCUT2D eigenvalue weighted by Crippen LogP contribution is -2.50. The van der Waals surface area contributed by atoms with E-state index in [0.717, 1.165) is 48.7 Å². The van der Waals surface area contributed by atoms with E-state index in [2.05, 4.69) is 50.3 Å². The molecule has 0 saturated carbocycles. The molecule has 0 aliphatic carbocycles. The summed E-state index contributed by atoms with van der Waals surface area (Å²) in [4.78, 5) is 19.6. The van der Waals surface area contributed by atoms with Crippen LogP contribution in [0.1, 0.15) is 22.7 Å². The Hall–Kier alpha value is -3.38. The highest BCUT2D eigenvalue weighted by molar-refractivity contribution is 5.78. The molecule has 184 valence electrons. The fourth-order valence-corrected chi connectivity index (χ4v) is 4.68. The molecule has 0 aromatic heterocycles. The van der Waals surface area contributed by atoms with Gasteiger partial charge in [-0.1, -0.05) is 42.0 Å². The molecule has 5 nitrogen and oxygen atoms in total. The van der Waals surface area contributed by atoms with Gasteiger partial charge in [0.05, 0.1) is 12.5 Å². The van der Waals surface area contributed by atoms with Crippen LogP contribution in [0.15, 0.2) is 72.8 Å². The average molecular weight is 475 g/mol. The van der Waals surface area contributed by atoms with Crippen molar-refractivity contribution in [1.29, 1.82) is 0 Å². The van der Waals surface area contributed by atoms with Crippen LogP contribution in [0.5, 0.6) is 0 Å². The maximum atomic E-state index is 13.3. The van der Waals surface area contributed by atoms with Crippen molar-refractivity contribution in [2.45, 2.75) is 19.4 Å². The Morgan fingerprint density at radius 1 is 0.971 bits per heavy atom. The molecule has 1 aliphatic rings. The Morgan fingerprint density at radius 3 is 2.29 bits per heavy atom. The zero-order valence-corrected chi connectivity index (χ0v) is 20.9. The molecular weight excluding hydrogens is 439 g/mol. The van der Waals surface area contributed by atoms with Crippen molar-refractivity contribution in [1.82, 2.24) is 10.2 Å². The molecule has 4 rings (SSSR count). The van der Waals surface area contributed by atoms with Crippen molar-refractivity contribution < 1.29 is 9.18 Å². The first-order chi connectivity index (χ1) is 16.9. The van der Waals surface area contributed by atoms with Crippen molar-refractivity contribution in [2.75, 3.05) is 56.6 Å². The third-order valence-electron chi connectivity index (χ3n) is 6.68. The molecule has 3 aromatic carbocycles. The number of carbonyl (C=O) groups excluding carboxylic acids is 1. The summed E-state index contributed by atoms with van der Waals surface area (Å²) in [5.74, 6) is -0.175. The lowest BCUT2D eigenvalue weighted by Gasteiger charge is -2.40. The number of nitrogens with zero attached hydrogens (tertiary/aromatic N) is 3. The van der Waals surface area contributed by atoms with E-state index in [0.29, 0.717) is 13.0 Å². The Bertz CT molecular complexity index is 1110. The molecule has 1 N–H and O–H groups in total. The van der Waals surface area contributed by atoms with Crippen LogP contribution in [-0.2, 0) is 11.2 Å². The van der Waals surface area contributed by atoms with E-state index in [1.807, 2.05) is 51.4 Å². The summed E-state index contributed by atoms with van der Waals surface area (Å²) in [6.07, 6.45) is 0.381. The average Bonchev–Trinajstić information content (AvgIpc) is 2.85. The summed E-state index contributed by atoms with van der Waals surface area (Å²) in [5.41, 5.74) is 5.58. The Labute approximate surface area is 208 Å². The zero-order chi connectivity index (χ0) is 24.8. The normalized spacial score (nSPS) is 15.0. The van der Waals surface area contributed by atoms with Gasteiger partial charge in [-0.2, -0.15) is 0 Å². The number of piperazine rings is 1. The van der Waals surface area contributed by atoms with Crippen molar-refractivity contribution in [3.8, 4) is 0 Å². The lowest BCUT2D eigenvalue weighted by atomic mass is 10.0. The maximum Gasteiger partial charge on any atom is 0.224 e. The van der Waals surface area contributed by atoms with E-state index in [9.17, 15) is 9.18 Å². The second-order valence-electron chi connectivity index (χ2n) is 9.47. The minimum Gasteiger partial charge on any atom is -0.378 e. The third-order valence-corrected chi connectivity index (χ3v) is 6.68. The SMILES string of the molecule is Cc1cccc(CC(=O)NCC(c2ccc(N(C)C)cc2)N2CCN(c3ccc(F)cc3)CC2)c1. The topological polar surface area (TPSA) is 38.8 Å². The first-order valence-corrected chi connectivity index (χ1v) is 12.2. The second-order valence-corrected chi connectivity index (χ2v) is 9.47. The minimum atomic E-state index is -0.213. The molecule has 1 fully saturated rings. The van der Waals surface area contributed by atoms with E-state index in [1.54, 1.807) is 0 Å². The van der Waals surface area contributed by atoms with Crippen LogP contribution in [0, 0.1) is 12.7 Å². The lowest BCUT2D eigenvalue weighted by molar-refractivity contribution is -0.120. The van der Waals surface area contributed by atoms with E-state index in [1.165, 1.54) is 17.7 Å². The van der Waals surface area contributed by atoms with Gasteiger partial charge >= 0.3 is 0 Å². The van der Waals surface area contributed by atoms with E-state index >= 15 is 0 Å². The van der Waals surface area contributed by atoms with Crippen LogP contribution >= 0.6 is 0 Å². The van der Waals surface area contributed by atoms with E-state index in [4.69, 9.17) is 0 Å². The fraction of sp³-hybridized carbons (Fsp3) is 0.345. The smallest absolute Gasteiger partial charge is 0.224 e. The fourth-order valence-electron chi connectivity index (χ4n) is 4.68. The van der Waals surface area contributed by atoms with E-state index < -0.39 is 0 Å². The number of benzene rings is 3. The van der Waals surface area contributed by atoms with Gasteiger partial charge in [-0.3, -0.25) is 9.69 Å². The van der Waals surface area contributed by atoms with Gasteiger partial charge in [-0.25, -0.2) is 4.39 Å². The van der Waals surface area contributed by atoms with Gasteiger partial charge in [-0.15, -0.1) is 0 Å². The van der Waals surface area contributed by atoms with Gasteiger partial charge in [0, 0.05) is 58.2 Å². The first-order valence-electron chi connectivity index (χ1n) is 12.2. The van der Waals surface area contributed by atoms with E-state index in [-0.39, 0.29) is 17.8 Å². The molecule has 6 heteroatoms. The molecular formula is C29H35FN4O. The van der Waals surface area contributed by atoms with Crippen molar-refractivity contribution in [3.05, 3.63) is 95.3 Å². The summed E-state index contributed by atoms with van der Waals surface area (Å²) in [5, 5.41) is 3.19. The number of aryl methyl sites for hydroxylation is 1. The van der Waals surface area contributed by atoms with Crippen LogP contribution in [0.4, 0.5) is 15.8 Å². The molecule has 35 heavy (non-hydrogen) atoms. The largest absolute Gasteiger partial charge is 0.378 e. The standard InChI is InChI=1S/C29H35FN4O/c1-22-5-4-6-23(19-22)20-29(35)31-21-28(24-7-11-26(12-8-24)32(2)3)34-17-15-33(16-18-34)27-13-9-25(30)10-14-27/h4-14,19,28H,15-18,20-21H2,1-3H3,(H,31,35). The Morgan fingerprint density at radius 2 is 1.66 bits per heavy atom. The van der Waals surface area contributed by atoms with Crippen molar-refractivity contribution in [3.63, 3.8) is 0 Å². The first kappa shape index (κ1) is 24.7. The number of nitrogens with one attached hydrogen (secondary N) is 1. The number of hydrogen-bond donors (Lipinski definition) is 1.